The van der Waals surface area contributed by atoms with Crippen molar-refractivity contribution in [2.45, 2.75) is 39.0 Å². The number of methoxy groups -OCH3 is 1. The van der Waals surface area contributed by atoms with Crippen LogP contribution >= 0.6 is 0 Å². The normalized spacial score (nSPS) is 26.9. The Kier molecular flexibility index (Phi) is 3.96. The van der Waals surface area contributed by atoms with E-state index in [2.05, 4.69) is 32.0 Å². The van der Waals surface area contributed by atoms with Crippen LogP contribution in [-0.4, -0.2) is 13.7 Å². The molecule has 1 aliphatic rings. The van der Waals surface area contributed by atoms with Crippen LogP contribution in [0, 0.1) is 11.3 Å². The predicted octanol–water partition coefficient (Wildman–Crippen LogP) is 3.56. The summed E-state index contributed by atoms with van der Waals surface area (Å²) in [6, 6.07) is 8.49. The van der Waals surface area contributed by atoms with Gasteiger partial charge in [-0.05, 0) is 60.8 Å². The van der Waals surface area contributed by atoms with Gasteiger partial charge in [0.15, 0.2) is 0 Å². The van der Waals surface area contributed by atoms with Gasteiger partial charge in [-0.15, -0.1) is 0 Å². The van der Waals surface area contributed by atoms with Crippen molar-refractivity contribution in [3.05, 3.63) is 29.8 Å². The van der Waals surface area contributed by atoms with Gasteiger partial charge in [0.1, 0.15) is 5.75 Å². The molecular formula is C16H25NO. The van der Waals surface area contributed by atoms with Crippen molar-refractivity contribution < 1.29 is 4.74 Å². The fourth-order valence-corrected chi connectivity index (χ4v) is 3.19. The van der Waals surface area contributed by atoms with Gasteiger partial charge < -0.3 is 10.5 Å². The Morgan fingerprint density at radius 1 is 1.39 bits per heavy atom. The molecule has 1 aromatic carbocycles. The van der Waals surface area contributed by atoms with Gasteiger partial charge in [0.2, 0.25) is 0 Å². The quantitative estimate of drug-likeness (QED) is 0.886. The lowest BCUT2D eigenvalue weighted by Crippen LogP contribution is -2.32. The van der Waals surface area contributed by atoms with Gasteiger partial charge in [-0.2, -0.15) is 0 Å². The zero-order chi connectivity index (χ0) is 13.2. The van der Waals surface area contributed by atoms with E-state index in [9.17, 15) is 0 Å². The monoisotopic (exact) mass is 247 g/mol. The fourth-order valence-electron chi connectivity index (χ4n) is 3.19. The Hall–Kier alpha value is -1.02. The molecule has 0 heterocycles. The molecule has 1 saturated carbocycles. The summed E-state index contributed by atoms with van der Waals surface area (Å²) in [5.41, 5.74) is 7.78. The van der Waals surface area contributed by atoms with E-state index in [0.29, 0.717) is 17.3 Å². The standard InChI is InChI=1S/C16H25NO/c1-16(2)8-7-13(11-17)15(10-16)12-5-4-6-14(9-12)18-3/h4-6,9,13,15H,7-8,10-11,17H2,1-3H3. The molecule has 1 aliphatic carbocycles. The van der Waals surface area contributed by atoms with Crippen molar-refractivity contribution in [1.29, 1.82) is 0 Å². The van der Waals surface area contributed by atoms with Crippen LogP contribution in [-0.2, 0) is 0 Å². The number of nitrogens with two attached hydrogens (primary N) is 1. The van der Waals surface area contributed by atoms with Crippen LogP contribution in [0.4, 0.5) is 0 Å². The third-order valence-corrected chi connectivity index (χ3v) is 4.36. The molecule has 0 amide bonds. The highest BCUT2D eigenvalue weighted by Gasteiger charge is 2.34. The lowest BCUT2D eigenvalue weighted by Gasteiger charge is -2.40. The smallest absolute Gasteiger partial charge is 0.119 e. The van der Waals surface area contributed by atoms with Crippen molar-refractivity contribution in [2.75, 3.05) is 13.7 Å². The molecule has 2 heteroatoms. The van der Waals surface area contributed by atoms with Gasteiger partial charge in [-0.25, -0.2) is 0 Å². The molecule has 0 saturated heterocycles. The average Bonchev–Trinajstić information content (AvgIpc) is 2.38. The average molecular weight is 247 g/mol. The Balaban J connectivity index is 2.26. The third kappa shape index (κ3) is 2.86. The molecule has 2 N–H and O–H groups in total. The molecule has 0 spiro atoms. The molecular weight excluding hydrogens is 222 g/mol. The van der Waals surface area contributed by atoms with E-state index in [1.807, 2.05) is 6.07 Å². The van der Waals surface area contributed by atoms with Gasteiger partial charge in [0, 0.05) is 0 Å². The second-order valence-electron chi connectivity index (χ2n) is 6.29. The van der Waals surface area contributed by atoms with Gasteiger partial charge in [-0.3, -0.25) is 0 Å². The second kappa shape index (κ2) is 5.31. The number of ether oxygens (including phenoxy) is 1. The molecule has 1 aromatic rings. The van der Waals surface area contributed by atoms with E-state index < -0.39 is 0 Å². The Morgan fingerprint density at radius 3 is 2.83 bits per heavy atom. The topological polar surface area (TPSA) is 35.2 Å². The summed E-state index contributed by atoms with van der Waals surface area (Å²) in [5, 5.41) is 0. The Bertz CT molecular complexity index is 400. The second-order valence-corrected chi connectivity index (χ2v) is 6.29. The van der Waals surface area contributed by atoms with E-state index in [-0.39, 0.29) is 0 Å². The Morgan fingerprint density at radius 2 is 2.17 bits per heavy atom. The first-order valence-corrected chi connectivity index (χ1v) is 6.90. The van der Waals surface area contributed by atoms with Crippen LogP contribution in [0.15, 0.2) is 24.3 Å². The summed E-state index contributed by atoms with van der Waals surface area (Å²) in [6.07, 6.45) is 3.75. The van der Waals surface area contributed by atoms with Crippen molar-refractivity contribution in [2.24, 2.45) is 17.1 Å². The Labute approximate surface area is 111 Å². The first kappa shape index (κ1) is 13.4. The summed E-state index contributed by atoms with van der Waals surface area (Å²) >= 11 is 0. The maximum absolute atomic E-state index is 5.96. The summed E-state index contributed by atoms with van der Waals surface area (Å²) in [5.74, 6) is 2.14. The van der Waals surface area contributed by atoms with Crippen LogP contribution in [0.5, 0.6) is 5.75 Å². The molecule has 2 atom stereocenters. The summed E-state index contributed by atoms with van der Waals surface area (Å²) < 4.78 is 5.34. The predicted molar refractivity (Wildman–Crippen MR) is 75.9 cm³/mol. The summed E-state index contributed by atoms with van der Waals surface area (Å²) in [4.78, 5) is 0. The maximum Gasteiger partial charge on any atom is 0.119 e. The molecule has 2 nitrogen and oxygen atoms in total. The first-order valence-electron chi connectivity index (χ1n) is 6.90. The van der Waals surface area contributed by atoms with E-state index in [0.717, 1.165) is 12.3 Å². The minimum Gasteiger partial charge on any atom is -0.497 e. The van der Waals surface area contributed by atoms with Crippen molar-refractivity contribution in [1.82, 2.24) is 0 Å². The number of hydrogen-bond acceptors (Lipinski definition) is 2. The number of hydrogen-bond donors (Lipinski definition) is 1. The zero-order valence-electron chi connectivity index (χ0n) is 11.8. The van der Waals surface area contributed by atoms with E-state index >= 15 is 0 Å². The zero-order valence-corrected chi connectivity index (χ0v) is 11.8. The third-order valence-electron chi connectivity index (χ3n) is 4.36. The minimum absolute atomic E-state index is 0.430. The molecule has 2 unspecified atom stereocenters. The highest BCUT2D eigenvalue weighted by molar-refractivity contribution is 5.31. The van der Waals surface area contributed by atoms with Gasteiger partial charge >= 0.3 is 0 Å². The number of rotatable bonds is 3. The van der Waals surface area contributed by atoms with Gasteiger partial charge in [0.05, 0.1) is 7.11 Å². The summed E-state index contributed by atoms with van der Waals surface area (Å²) in [7, 11) is 1.73. The highest BCUT2D eigenvalue weighted by atomic mass is 16.5. The molecule has 0 bridgehead atoms. The first-order chi connectivity index (χ1) is 8.55. The maximum atomic E-state index is 5.96. The molecule has 0 radical (unpaired) electrons. The van der Waals surface area contributed by atoms with Crippen molar-refractivity contribution >= 4 is 0 Å². The summed E-state index contributed by atoms with van der Waals surface area (Å²) in [6.45, 7) is 5.53. The molecule has 100 valence electrons. The van der Waals surface area contributed by atoms with E-state index in [1.165, 1.54) is 24.8 Å². The van der Waals surface area contributed by atoms with Crippen molar-refractivity contribution in [3.63, 3.8) is 0 Å². The molecule has 18 heavy (non-hydrogen) atoms. The molecule has 0 aliphatic heterocycles. The SMILES string of the molecule is COc1cccc(C2CC(C)(C)CCC2CN)c1. The van der Waals surface area contributed by atoms with Crippen LogP contribution < -0.4 is 10.5 Å². The lowest BCUT2D eigenvalue weighted by molar-refractivity contribution is 0.165. The van der Waals surface area contributed by atoms with Crippen LogP contribution in [0.2, 0.25) is 0 Å². The van der Waals surface area contributed by atoms with Crippen LogP contribution in [0.3, 0.4) is 0 Å². The van der Waals surface area contributed by atoms with Crippen molar-refractivity contribution in [3.8, 4) is 5.75 Å². The van der Waals surface area contributed by atoms with Gasteiger partial charge in [0.25, 0.3) is 0 Å². The fraction of sp³-hybridized carbons (Fsp3) is 0.625. The minimum atomic E-state index is 0.430. The lowest BCUT2D eigenvalue weighted by atomic mass is 9.65. The van der Waals surface area contributed by atoms with Crippen LogP contribution in [0.1, 0.15) is 44.6 Å². The molecule has 2 rings (SSSR count). The van der Waals surface area contributed by atoms with Gasteiger partial charge in [-0.1, -0.05) is 26.0 Å². The number of benzene rings is 1. The molecule has 1 fully saturated rings. The largest absolute Gasteiger partial charge is 0.497 e. The van der Waals surface area contributed by atoms with E-state index in [1.54, 1.807) is 7.11 Å². The highest BCUT2D eigenvalue weighted by Crippen LogP contribution is 2.46. The molecule has 0 aromatic heterocycles. The van der Waals surface area contributed by atoms with Crippen LogP contribution in [0.25, 0.3) is 0 Å². The van der Waals surface area contributed by atoms with E-state index in [4.69, 9.17) is 10.5 Å².